The van der Waals surface area contributed by atoms with Gasteiger partial charge >= 0.3 is 5.97 Å². The van der Waals surface area contributed by atoms with Crippen LogP contribution in [0.2, 0.25) is 0 Å². The number of aromatic nitrogens is 3. The Labute approximate surface area is 218 Å². The SMILES string of the molecule is CCOC(=O)c1ccc(NC(=O)CSc2nnc([C@H](CO)NC(=O)c3ccc(OC)cc3)n2CC)cc1. The van der Waals surface area contributed by atoms with Crippen LogP contribution in [0.1, 0.15) is 46.4 Å². The number of esters is 1. The van der Waals surface area contributed by atoms with Gasteiger partial charge in [0, 0.05) is 17.8 Å². The highest BCUT2D eigenvalue weighted by atomic mass is 32.2. The Morgan fingerprint density at radius 1 is 1.03 bits per heavy atom. The van der Waals surface area contributed by atoms with E-state index in [2.05, 4.69) is 20.8 Å². The lowest BCUT2D eigenvalue weighted by molar-refractivity contribution is -0.113. The van der Waals surface area contributed by atoms with E-state index in [0.717, 1.165) is 0 Å². The summed E-state index contributed by atoms with van der Waals surface area (Å²) in [7, 11) is 1.54. The summed E-state index contributed by atoms with van der Waals surface area (Å²) in [6.45, 7) is 3.98. The van der Waals surface area contributed by atoms with Crippen LogP contribution >= 0.6 is 11.8 Å². The Kier molecular flexibility index (Phi) is 10.0. The van der Waals surface area contributed by atoms with Gasteiger partial charge in [0.1, 0.15) is 11.8 Å². The topological polar surface area (TPSA) is 145 Å². The molecule has 0 spiro atoms. The van der Waals surface area contributed by atoms with E-state index in [1.54, 1.807) is 67.1 Å². The number of ether oxygens (including phenoxy) is 2. The fourth-order valence-corrected chi connectivity index (χ4v) is 4.18. The average Bonchev–Trinajstić information content (AvgIpc) is 3.33. The maximum Gasteiger partial charge on any atom is 0.338 e. The predicted octanol–water partition coefficient (Wildman–Crippen LogP) is 2.68. The molecule has 0 saturated heterocycles. The second kappa shape index (κ2) is 13.4. The fraction of sp³-hybridized carbons (Fsp3) is 0.320. The fourth-order valence-electron chi connectivity index (χ4n) is 3.37. The molecule has 12 heteroatoms. The Hall–Kier alpha value is -3.90. The summed E-state index contributed by atoms with van der Waals surface area (Å²) in [4.78, 5) is 36.9. The number of anilines is 1. The van der Waals surface area contributed by atoms with Gasteiger partial charge in [-0.2, -0.15) is 0 Å². The standard InChI is InChI=1S/C25H29N5O6S/c1-4-30-22(20(14-31)27-23(33)16-8-12-19(35-3)13-9-16)28-29-25(30)37-15-21(32)26-18-10-6-17(7-11-18)24(34)36-5-2/h6-13,20,31H,4-5,14-15H2,1-3H3,(H,26,32)(H,27,33)/t20-/m0/s1. The molecule has 11 nitrogen and oxygen atoms in total. The van der Waals surface area contributed by atoms with Gasteiger partial charge in [0.05, 0.1) is 31.6 Å². The number of hydrogen-bond donors (Lipinski definition) is 3. The van der Waals surface area contributed by atoms with Gasteiger partial charge in [-0.3, -0.25) is 9.59 Å². The van der Waals surface area contributed by atoms with Crippen LogP contribution in [0.5, 0.6) is 5.75 Å². The summed E-state index contributed by atoms with van der Waals surface area (Å²) < 4.78 is 11.8. The van der Waals surface area contributed by atoms with E-state index in [4.69, 9.17) is 9.47 Å². The molecular weight excluding hydrogens is 498 g/mol. The molecular formula is C25H29N5O6S. The Morgan fingerprint density at radius 2 is 1.70 bits per heavy atom. The first-order chi connectivity index (χ1) is 17.9. The molecule has 3 aromatic rings. The lowest BCUT2D eigenvalue weighted by Crippen LogP contribution is -2.32. The smallest absolute Gasteiger partial charge is 0.338 e. The third kappa shape index (κ3) is 7.30. The minimum absolute atomic E-state index is 0.0553. The van der Waals surface area contributed by atoms with E-state index in [-0.39, 0.29) is 30.8 Å². The summed E-state index contributed by atoms with van der Waals surface area (Å²) in [5.74, 6) is -0.0148. The minimum atomic E-state index is -0.789. The van der Waals surface area contributed by atoms with Gasteiger partial charge in [-0.15, -0.1) is 10.2 Å². The number of carbonyl (C=O) groups excluding carboxylic acids is 3. The molecule has 3 N–H and O–H groups in total. The average molecular weight is 528 g/mol. The molecule has 0 unspecified atom stereocenters. The van der Waals surface area contributed by atoms with E-state index < -0.39 is 12.0 Å². The lowest BCUT2D eigenvalue weighted by Gasteiger charge is -2.17. The van der Waals surface area contributed by atoms with Crippen LogP contribution in [0.4, 0.5) is 5.69 Å². The van der Waals surface area contributed by atoms with Crippen LogP contribution in [-0.4, -0.2) is 63.7 Å². The molecule has 3 rings (SSSR count). The van der Waals surface area contributed by atoms with Crippen molar-refractivity contribution in [1.29, 1.82) is 0 Å². The molecule has 0 radical (unpaired) electrons. The Bertz CT molecular complexity index is 1210. The molecule has 0 bridgehead atoms. The lowest BCUT2D eigenvalue weighted by atomic mass is 10.2. The first-order valence-corrected chi connectivity index (χ1v) is 12.6. The zero-order valence-electron chi connectivity index (χ0n) is 20.8. The highest BCUT2D eigenvalue weighted by Gasteiger charge is 2.23. The van der Waals surface area contributed by atoms with Crippen molar-refractivity contribution in [3.63, 3.8) is 0 Å². The van der Waals surface area contributed by atoms with Crippen molar-refractivity contribution in [2.75, 3.05) is 31.4 Å². The number of benzene rings is 2. The molecule has 2 amide bonds. The molecule has 37 heavy (non-hydrogen) atoms. The third-order valence-electron chi connectivity index (χ3n) is 5.23. The van der Waals surface area contributed by atoms with Crippen molar-refractivity contribution in [3.8, 4) is 5.75 Å². The Balaban J connectivity index is 1.61. The van der Waals surface area contributed by atoms with Crippen LogP contribution in [0.3, 0.4) is 0 Å². The van der Waals surface area contributed by atoms with Gasteiger partial charge in [0.25, 0.3) is 5.91 Å². The molecule has 196 valence electrons. The number of thioether (sulfide) groups is 1. The van der Waals surface area contributed by atoms with E-state index in [0.29, 0.717) is 40.1 Å². The quantitative estimate of drug-likeness (QED) is 0.239. The molecule has 0 aliphatic heterocycles. The molecule has 0 aliphatic rings. The van der Waals surface area contributed by atoms with Crippen molar-refractivity contribution in [2.45, 2.75) is 31.6 Å². The highest BCUT2D eigenvalue weighted by Crippen LogP contribution is 2.22. The molecule has 2 aromatic carbocycles. The number of nitrogens with zero attached hydrogens (tertiary/aromatic N) is 3. The Morgan fingerprint density at radius 3 is 2.30 bits per heavy atom. The van der Waals surface area contributed by atoms with Crippen LogP contribution in [0.15, 0.2) is 53.7 Å². The number of hydrogen-bond acceptors (Lipinski definition) is 9. The van der Waals surface area contributed by atoms with E-state index in [9.17, 15) is 19.5 Å². The largest absolute Gasteiger partial charge is 0.497 e. The van der Waals surface area contributed by atoms with Gasteiger partial charge < -0.3 is 29.8 Å². The van der Waals surface area contributed by atoms with Gasteiger partial charge in [0.15, 0.2) is 11.0 Å². The number of rotatable bonds is 12. The van der Waals surface area contributed by atoms with Crippen LogP contribution in [-0.2, 0) is 16.1 Å². The molecule has 1 atom stereocenters. The van der Waals surface area contributed by atoms with E-state index in [1.165, 1.54) is 11.8 Å². The maximum absolute atomic E-state index is 12.7. The van der Waals surface area contributed by atoms with Crippen molar-refractivity contribution in [3.05, 3.63) is 65.5 Å². The van der Waals surface area contributed by atoms with Gasteiger partial charge in [-0.05, 0) is 62.4 Å². The summed E-state index contributed by atoms with van der Waals surface area (Å²) in [6.07, 6.45) is 0. The van der Waals surface area contributed by atoms with Crippen LogP contribution in [0.25, 0.3) is 0 Å². The van der Waals surface area contributed by atoms with Crippen molar-refractivity contribution in [2.24, 2.45) is 0 Å². The van der Waals surface area contributed by atoms with Gasteiger partial charge in [-0.25, -0.2) is 4.79 Å². The normalized spacial score (nSPS) is 11.5. The molecule has 0 saturated carbocycles. The third-order valence-corrected chi connectivity index (χ3v) is 6.19. The first-order valence-electron chi connectivity index (χ1n) is 11.6. The summed E-state index contributed by atoms with van der Waals surface area (Å²) in [5.41, 5.74) is 1.34. The molecule has 0 aliphatic carbocycles. The second-order valence-electron chi connectivity index (χ2n) is 7.66. The summed E-state index contributed by atoms with van der Waals surface area (Å²) >= 11 is 1.18. The number of methoxy groups -OCH3 is 1. The molecule has 0 fully saturated rings. The minimum Gasteiger partial charge on any atom is -0.497 e. The van der Waals surface area contributed by atoms with E-state index in [1.807, 2.05) is 6.92 Å². The predicted molar refractivity (Wildman–Crippen MR) is 138 cm³/mol. The summed E-state index contributed by atoms with van der Waals surface area (Å²) in [6, 6.07) is 12.2. The van der Waals surface area contributed by atoms with Crippen LogP contribution in [0, 0.1) is 0 Å². The monoisotopic (exact) mass is 527 g/mol. The van der Waals surface area contributed by atoms with Crippen LogP contribution < -0.4 is 15.4 Å². The number of aliphatic hydroxyl groups excluding tert-OH is 1. The van der Waals surface area contributed by atoms with Gasteiger partial charge in [-0.1, -0.05) is 11.8 Å². The molecule has 1 heterocycles. The zero-order chi connectivity index (χ0) is 26.8. The summed E-state index contributed by atoms with van der Waals surface area (Å²) in [5, 5.41) is 24.3. The van der Waals surface area contributed by atoms with Crippen molar-refractivity contribution >= 4 is 35.2 Å². The number of nitrogens with one attached hydrogen (secondary N) is 2. The maximum atomic E-state index is 12.7. The van der Waals surface area contributed by atoms with E-state index >= 15 is 0 Å². The van der Waals surface area contributed by atoms with Crippen molar-refractivity contribution < 1.29 is 29.0 Å². The number of amides is 2. The number of aliphatic hydroxyl groups is 1. The molecule has 1 aromatic heterocycles. The van der Waals surface area contributed by atoms with Crippen molar-refractivity contribution in [1.82, 2.24) is 20.1 Å². The first kappa shape index (κ1) is 27.7. The number of carbonyl (C=O) groups is 3. The highest BCUT2D eigenvalue weighted by molar-refractivity contribution is 7.99. The second-order valence-corrected chi connectivity index (χ2v) is 8.60. The zero-order valence-corrected chi connectivity index (χ0v) is 21.6. The van der Waals surface area contributed by atoms with Gasteiger partial charge in [0.2, 0.25) is 5.91 Å².